The van der Waals surface area contributed by atoms with E-state index < -0.39 is 5.60 Å². The third kappa shape index (κ3) is 2.91. The van der Waals surface area contributed by atoms with Gasteiger partial charge in [-0.3, -0.25) is 0 Å². The van der Waals surface area contributed by atoms with E-state index in [9.17, 15) is 4.79 Å². The quantitative estimate of drug-likeness (QED) is 0.797. The average Bonchev–Trinajstić information content (AvgIpc) is 2.44. The van der Waals surface area contributed by atoms with E-state index in [1.54, 1.807) is 0 Å². The highest BCUT2D eigenvalue weighted by Crippen LogP contribution is 2.32. The smallest absolute Gasteiger partial charge is 0.410 e. The van der Waals surface area contributed by atoms with E-state index in [1.807, 2.05) is 31.7 Å². The Morgan fingerprint density at radius 3 is 2.81 bits per heavy atom. The van der Waals surface area contributed by atoms with E-state index in [-0.39, 0.29) is 6.09 Å². The topological polar surface area (TPSA) is 44.8 Å². The Morgan fingerprint density at radius 1 is 1.29 bits per heavy atom. The molecule has 0 aromatic heterocycles. The summed E-state index contributed by atoms with van der Waals surface area (Å²) in [6, 6.07) is 8.65. The van der Waals surface area contributed by atoms with Gasteiger partial charge < -0.3 is 19.9 Å². The zero-order chi connectivity index (χ0) is 15.0. The molecule has 3 rings (SSSR count). The highest BCUT2D eigenvalue weighted by molar-refractivity contribution is 5.74. The Morgan fingerprint density at radius 2 is 2.05 bits per heavy atom. The van der Waals surface area contributed by atoms with Crippen molar-refractivity contribution in [3.63, 3.8) is 0 Å². The van der Waals surface area contributed by atoms with E-state index in [2.05, 4.69) is 28.4 Å². The van der Waals surface area contributed by atoms with Crippen LogP contribution in [0.1, 0.15) is 20.8 Å². The van der Waals surface area contributed by atoms with Crippen molar-refractivity contribution in [2.24, 2.45) is 0 Å². The van der Waals surface area contributed by atoms with Gasteiger partial charge in [-0.05, 0) is 32.9 Å². The monoisotopic (exact) mass is 289 g/mol. The highest BCUT2D eigenvalue weighted by Gasteiger charge is 2.34. The Kier molecular flexibility index (Phi) is 3.43. The molecule has 1 unspecified atom stereocenters. The molecule has 1 aromatic rings. The fourth-order valence-corrected chi connectivity index (χ4v) is 2.94. The van der Waals surface area contributed by atoms with Crippen LogP contribution in [0, 0.1) is 0 Å². The number of fused-ring (bicyclic) bond motifs is 3. The zero-order valence-corrected chi connectivity index (χ0v) is 12.9. The van der Waals surface area contributed by atoms with Crippen molar-refractivity contribution in [3.05, 3.63) is 24.3 Å². The van der Waals surface area contributed by atoms with Crippen molar-refractivity contribution in [2.75, 3.05) is 36.4 Å². The number of piperazine rings is 1. The van der Waals surface area contributed by atoms with Crippen LogP contribution in [0.4, 0.5) is 16.2 Å². The molecule has 2 aliphatic heterocycles. The molecule has 2 heterocycles. The number of para-hydroxylation sites is 2. The normalized spacial score (nSPS) is 21.2. The number of carbonyl (C=O) groups is 1. The number of ether oxygens (including phenoxy) is 1. The predicted molar refractivity (Wildman–Crippen MR) is 83.9 cm³/mol. The minimum absolute atomic E-state index is 0.207. The Balaban J connectivity index is 1.70. The number of amides is 1. The van der Waals surface area contributed by atoms with Crippen LogP contribution >= 0.6 is 0 Å². The molecule has 21 heavy (non-hydrogen) atoms. The number of nitrogens with one attached hydrogen (secondary N) is 1. The first-order valence-corrected chi connectivity index (χ1v) is 7.51. The second-order valence-corrected chi connectivity index (χ2v) is 6.67. The summed E-state index contributed by atoms with van der Waals surface area (Å²) >= 11 is 0. The summed E-state index contributed by atoms with van der Waals surface area (Å²) in [6.45, 7) is 8.83. The van der Waals surface area contributed by atoms with E-state index in [0.717, 1.165) is 13.1 Å². The fourth-order valence-electron chi connectivity index (χ4n) is 2.94. The molecule has 0 bridgehead atoms. The first-order valence-electron chi connectivity index (χ1n) is 7.51. The molecule has 0 aliphatic carbocycles. The van der Waals surface area contributed by atoms with Gasteiger partial charge in [0.2, 0.25) is 0 Å². The molecule has 1 atom stereocenters. The van der Waals surface area contributed by atoms with Crippen LogP contribution in [0.2, 0.25) is 0 Å². The van der Waals surface area contributed by atoms with E-state index in [4.69, 9.17) is 4.74 Å². The molecule has 0 radical (unpaired) electrons. The lowest BCUT2D eigenvalue weighted by Gasteiger charge is -2.46. The van der Waals surface area contributed by atoms with Gasteiger partial charge in [0.15, 0.2) is 0 Å². The van der Waals surface area contributed by atoms with Crippen LogP contribution in [0.3, 0.4) is 0 Å². The summed E-state index contributed by atoms with van der Waals surface area (Å²) < 4.78 is 5.47. The molecule has 1 N–H and O–H groups in total. The predicted octanol–water partition coefficient (Wildman–Crippen LogP) is 2.54. The molecular formula is C16H23N3O2. The summed E-state index contributed by atoms with van der Waals surface area (Å²) in [5.41, 5.74) is 1.98. The maximum absolute atomic E-state index is 12.2. The molecule has 1 amide bonds. The highest BCUT2D eigenvalue weighted by atomic mass is 16.6. The third-order valence-electron chi connectivity index (χ3n) is 3.88. The summed E-state index contributed by atoms with van der Waals surface area (Å²) in [6.07, 6.45) is -0.207. The van der Waals surface area contributed by atoms with Gasteiger partial charge in [-0.2, -0.15) is 0 Å². The van der Waals surface area contributed by atoms with Gasteiger partial charge in [0, 0.05) is 26.2 Å². The number of rotatable bonds is 0. The summed E-state index contributed by atoms with van der Waals surface area (Å²) in [7, 11) is 0. The first kappa shape index (κ1) is 14.0. The lowest BCUT2D eigenvalue weighted by atomic mass is 10.1. The minimum Gasteiger partial charge on any atom is -0.444 e. The number of carbonyl (C=O) groups excluding carboxylic acids is 1. The van der Waals surface area contributed by atoms with Gasteiger partial charge in [-0.1, -0.05) is 12.1 Å². The van der Waals surface area contributed by atoms with E-state index in [0.29, 0.717) is 19.1 Å². The van der Waals surface area contributed by atoms with Gasteiger partial charge in [0.25, 0.3) is 0 Å². The Hall–Kier alpha value is -1.91. The van der Waals surface area contributed by atoms with Crippen LogP contribution in [-0.4, -0.2) is 48.8 Å². The number of benzene rings is 1. The SMILES string of the molecule is CC(C)(C)OC(=O)N1CCN2c3ccccc3NCC2C1. The number of hydrogen-bond acceptors (Lipinski definition) is 4. The van der Waals surface area contributed by atoms with Gasteiger partial charge in [-0.25, -0.2) is 4.79 Å². The van der Waals surface area contributed by atoms with Crippen molar-refractivity contribution >= 4 is 17.5 Å². The summed E-state index contributed by atoms with van der Waals surface area (Å²) in [5, 5.41) is 3.45. The molecule has 0 saturated carbocycles. The van der Waals surface area contributed by atoms with Crippen LogP contribution in [0.15, 0.2) is 24.3 Å². The number of nitrogens with zero attached hydrogens (tertiary/aromatic N) is 2. The Labute approximate surface area is 125 Å². The first-order chi connectivity index (χ1) is 9.94. The molecule has 1 fully saturated rings. The molecule has 5 nitrogen and oxygen atoms in total. The summed E-state index contributed by atoms with van der Waals surface area (Å²) in [5.74, 6) is 0. The van der Waals surface area contributed by atoms with Gasteiger partial charge in [0.05, 0.1) is 17.4 Å². The molecule has 1 saturated heterocycles. The second kappa shape index (κ2) is 5.13. The molecule has 5 heteroatoms. The molecule has 2 aliphatic rings. The van der Waals surface area contributed by atoms with Crippen LogP contribution < -0.4 is 10.2 Å². The van der Waals surface area contributed by atoms with Crippen molar-refractivity contribution < 1.29 is 9.53 Å². The van der Waals surface area contributed by atoms with Crippen molar-refractivity contribution in [3.8, 4) is 0 Å². The van der Waals surface area contributed by atoms with E-state index >= 15 is 0 Å². The van der Waals surface area contributed by atoms with Crippen LogP contribution in [0.5, 0.6) is 0 Å². The third-order valence-corrected chi connectivity index (χ3v) is 3.88. The van der Waals surface area contributed by atoms with Gasteiger partial charge >= 0.3 is 6.09 Å². The standard InChI is InChI=1S/C16H23N3O2/c1-16(2,3)21-15(20)18-8-9-19-12(11-18)10-17-13-6-4-5-7-14(13)19/h4-7,12,17H,8-11H2,1-3H3. The maximum atomic E-state index is 12.2. The average molecular weight is 289 g/mol. The Bertz CT molecular complexity index is 539. The lowest BCUT2D eigenvalue weighted by Crippen LogP contribution is -2.59. The summed E-state index contributed by atoms with van der Waals surface area (Å²) in [4.78, 5) is 16.4. The van der Waals surface area contributed by atoms with E-state index in [1.165, 1.54) is 11.4 Å². The lowest BCUT2D eigenvalue weighted by molar-refractivity contribution is 0.0217. The number of anilines is 2. The van der Waals surface area contributed by atoms with Crippen LogP contribution in [-0.2, 0) is 4.74 Å². The minimum atomic E-state index is -0.439. The van der Waals surface area contributed by atoms with Crippen molar-refractivity contribution in [2.45, 2.75) is 32.4 Å². The zero-order valence-electron chi connectivity index (χ0n) is 12.9. The van der Waals surface area contributed by atoms with Crippen molar-refractivity contribution in [1.82, 2.24) is 4.90 Å². The fraction of sp³-hybridized carbons (Fsp3) is 0.562. The van der Waals surface area contributed by atoms with Crippen LogP contribution in [0.25, 0.3) is 0 Å². The van der Waals surface area contributed by atoms with Gasteiger partial charge in [-0.15, -0.1) is 0 Å². The van der Waals surface area contributed by atoms with Gasteiger partial charge in [0.1, 0.15) is 5.60 Å². The molecule has 0 spiro atoms. The molecule has 114 valence electrons. The maximum Gasteiger partial charge on any atom is 0.410 e. The number of hydrogen-bond donors (Lipinski definition) is 1. The van der Waals surface area contributed by atoms with Crippen molar-refractivity contribution in [1.29, 1.82) is 0 Å². The molecule has 1 aromatic carbocycles. The molecular weight excluding hydrogens is 266 g/mol. The second-order valence-electron chi connectivity index (χ2n) is 6.67. The largest absolute Gasteiger partial charge is 0.444 e.